The molecule has 162 valence electrons. The van der Waals surface area contributed by atoms with E-state index < -0.39 is 0 Å². The molecule has 0 radical (unpaired) electrons. The standard InChI is InChI=1S/C24H24N6O2/c1-15-11-26-20(12-25-15)24(32)29-9-8-18(14-29)22-27-16(2)19-10-21(31)30(23(19)28-22)13-17-6-4-3-5-7-17/h3-7,11-12,18H,8-10,13-14H2,1-2H3. The Morgan fingerprint density at radius 2 is 1.91 bits per heavy atom. The first-order valence-electron chi connectivity index (χ1n) is 10.8. The van der Waals surface area contributed by atoms with Gasteiger partial charge in [0.25, 0.3) is 5.91 Å². The summed E-state index contributed by atoms with van der Waals surface area (Å²) in [5.41, 5.74) is 3.92. The average Bonchev–Trinajstić information content (AvgIpc) is 3.41. The van der Waals surface area contributed by atoms with E-state index in [9.17, 15) is 9.59 Å². The number of hydrogen-bond donors (Lipinski definition) is 0. The maximum Gasteiger partial charge on any atom is 0.274 e. The van der Waals surface area contributed by atoms with Crippen molar-refractivity contribution in [3.05, 3.63) is 76.8 Å². The van der Waals surface area contributed by atoms with Gasteiger partial charge in [0.2, 0.25) is 5.91 Å². The number of anilines is 1. The normalized spacial score (nSPS) is 17.7. The quantitative estimate of drug-likeness (QED) is 0.634. The number of aryl methyl sites for hydroxylation is 2. The Morgan fingerprint density at radius 3 is 2.66 bits per heavy atom. The number of rotatable bonds is 4. The maximum atomic E-state index is 12.8. The first kappa shape index (κ1) is 20.2. The van der Waals surface area contributed by atoms with Crippen LogP contribution >= 0.6 is 0 Å². The monoisotopic (exact) mass is 428 g/mol. The number of carbonyl (C=O) groups is 2. The molecule has 8 nitrogen and oxygen atoms in total. The first-order valence-corrected chi connectivity index (χ1v) is 10.8. The third-order valence-corrected chi connectivity index (χ3v) is 6.12. The Kier molecular flexibility index (Phi) is 5.13. The molecule has 0 N–H and O–H groups in total. The van der Waals surface area contributed by atoms with Crippen molar-refractivity contribution < 1.29 is 9.59 Å². The molecule has 0 aliphatic carbocycles. The second kappa shape index (κ2) is 8.11. The predicted octanol–water partition coefficient (Wildman–Crippen LogP) is 2.60. The van der Waals surface area contributed by atoms with E-state index in [1.165, 1.54) is 6.20 Å². The van der Waals surface area contributed by atoms with Crippen molar-refractivity contribution >= 4 is 17.6 Å². The molecule has 2 amide bonds. The molecule has 1 aromatic carbocycles. The molecule has 1 unspecified atom stereocenters. The lowest BCUT2D eigenvalue weighted by Gasteiger charge is -2.19. The highest BCUT2D eigenvalue weighted by Gasteiger charge is 2.35. The minimum Gasteiger partial charge on any atom is -0.337 e. The molecule has 2 aromatic heterocycles. The van der Waals surface area contributed by atoms with Gasteiger partial charge in [-0.05, 0) is 25.8 Å². The van der Waals surface area contributed by atoms with Crippen LogP contribution in [0.1, 0.15) is 51.2 Å². The van der Waals surface area contributed by atoms with E-state index in [2.05, 4.69) is 9.97 Å². The zero-order chi connectivity index (χ0) is 22.2. The number of aromatic nitrogens is 4. The average molecular weight is 428 g/mol. The molecule has 3 aromatic rings. The zero-order valence-electron chi connectivity index (χ0n) is 18.2. The van der Waals surface area contributed by atoms with Crippen LogP contribution in [0.15, 0.2) is 42.7 Å². The highest BCUT2D eigenvalue weighted by atomic mass is 16.2. The van der Waals surface area contributed by atoms with Crippen molar-refractivity contribution in [3.8, 4) is 0 Å². The van der Waals surface area contributed by atoms with Gasteiger partial charge in [-0.1, -0.05) is 30.3 Å². The summed E-state index contributed by atoms with van der Waals surface area (Å²) in [5, 5.41) is 0. The number of likely N-dealkylation sites (tertiary alicyclic amines) is 1. The highest BCUT2D eigenvalue weighted by Crippen LogP contribution is 2.33. The number of amides is 2. The van der Waals surface area contributed by atoms with E-state index in [0.717, 1.165) is 28.9 Å². The summed E-state index contributed by atoms with van der Waals surface area (Å²) in [6.07, 6.45) is 4.23. The summed E-state index contributed by atoms with van der Waals surface area (Å²) in [5.74, 6) is 1.34. The smallest absolute Gasteiger partial charge is 0.274 e. The molecule has 2 aliphatic rings. The SMILES string of the molecule is Cc1cnc(C(=O)N2CCC(c3nc(C)c4c(n3)N(Cc3ccccc3)C(=O)C4)C2)cn1. The van der Waals surface area contributed by atoms with Crippen molar-refractivity contribution in [2.75, 3.05) is 18.0 Å². The van der Waals surface area contributed by atoms with Gasteiger partial charge in [-0.25, -0.2) is 15.0 Å². The van der Waals surface area contributed by atoms with Gasteiger partial charge in [-0.3, -0.25) is 19.5 Å². The molecule has 8 heteroatoms. The van der Waals surface area contributed by atoms with Gasteiger partial charge in [0, 0.05) is 36.5 Å². The van der Waals surface area contributed by atoms with E-state index in [1.807, 2.05) is 44.2 Å². The Morgan fingerprint density at radius 1 is 1.09 bits per heavy atom. The van der Waals surface area contributed by atoms with Crippen LogP contribution in [0, 0.1) is 13.8 Å². The van der Waals surface area contributed by atoms with Crippen molar-refractivity contribution in [2.45, 2.75) is 39.2 Å². The minimum atomic E-state index is -0.126. The number of fused-ring (bicyclic) bond motifs is 1. The number of carbonyl (C=O) groups excluding carboxylic acids is 2. The summed E-state index contributed by atoms with van der Waals surface area (Å²) >= 11 is 0. The zero-order valence-corrected chi connectivity index (χ0v) is 18.2. The summed E-state index contributed by atoms with van der Waals surface area (Å²) in [7, 11) is 0. The van der Waals surface area contributed by atoms with E-state index in [0.29, 0.717) is 43.4 Å². The number of benzene rings is 1. The Labute approximate surface area is 186 Å². The number of nitrogens with zero attached hydrogens (tertiary/aromatic N) is 6. The number of hydrogen-bond acceptors (Lipinski definition) is 6. The van der Waals surface area contributed by atoms with Crippen LogP contribution in [-0.4, -0.2) is 49.7 Å². The van der Waals surface area contributed by atoms with Crippen LogP contribution in [0.3, 0.4) is 0 Å². The van der Waals surface area contributed by atoms with Crippen LogP contribution in [0.2, 0.25) is 0 Å². The molecule has 5 rings (SSSR count). The summed E-state index contributed by atoms with van der Waals surface area (Å²) in [6, 6.07) is 9.91. The molecule has 4 heterocycles. The highest BCUT2D eigenvalue weighted by molar-refractivity contribution is 6.00. The fraction of sp³-hybridized carbons (Fsp3) is 0.333. The van der Waals surface area contributed by atoms with Crippen LogP contribution in [0.5, 0.6) is 0 Å². The van der Waals surface area contributed by atoms with Gasteiger partial charge < -0.3 is 4.90 Å². The lowest BCUT2D eigenvalue weighted by atomic mass is 10.1. The maximum absolute atomic E-state index is 12.8. The Hall–Kier alpha value is -3.68. The van der Waals surface area contributed by atoms with Crippen molar-refractivity contribution in [1.29, 1.82) is 0 Å². The molecular formula is C24H24N6O2. The van der Waals surface area contributed by atoms with E-state index >= 15 is 0 Å². The third-order valence-electron chi connectivity index (χ3n) is 6.12. The summed E-state index contributed by atoms with van der Waals surface area (Å²) in [4.78, 5) is 47.0. The second-order valence-corrected chi connectivity index (χ2v) is 8.39. The third kappa shape index (κ3) is 3.72. The van der Waals surface area contributed by atoms with Crippen LogP contribution in [-0.2, 0) is 17.8 Å². The van der Waals surface area contributed by atoms with Crippen LogP contribution in [0.4, 0.5) is 5.82 Å². The first-order chi connectivity index (χ1) is 15.5. The molecule has 0 spiro atoms. The molecule has 1 saturated heterocycles. The van der Waals surface area contributed by atoms with Gasteiger partial charge in [-0.15, -0.1) is 0 Å². The fourth-order valence-electron chi connectivity index (χ4n) is 4.33. The molecule has 32 heavy (non-hydrogen) atoms. The minimum absolute atomic E-state index is 0.0237. The molecular weight excluding hydrogens is 404 g/mol. The Bertz CT molecular complexity index is 1180. The van der Waals surface area contributed by atoms with Gasteiger partial charge in [0.1, 0.15) is 17.3 Å². The topological polar surface area (TPSA) is 92.2 Å². The second-order valence-electron chi connectivity index (χ2n) is 8.39. The van der Waals surface area contributed by atoms with Gasteiger partial charge in [-0.2, -0.15) is 0 Å². The van der Waals surface area contributed by atoms with Crippen LogP contribution in [0.25, 0.3) is 0 Å². The molecule has 1 fully saturated rings. The van der Waals surface area contributed by atoms with E-state index in [1.54, 1.807) is 16.0 Å². The molecule has 2 aliphatic heterocycles. The van der Waals surface area contributed by atoms with Gasteiger partial charge in [0.15, 0.2) is 0 Å². The van der Waals surface area contributed by atoms with Crippen LogP contribution < -0.4 is 4.90 Å². The summed E-state index contributed by atoms with van der Waals surface area (Å²) in [6.45, 7) is 5.41. The summed E-state index contributed by atoms with van der Waals surface area (Å²) < 4.78 is 0. The predicted molar refractivity (Wildman–Crippen MR) is 118 cm³/mol. The lowest BCUT2D eigenvalue weighted by molar-refractivity contribution is -0.117. The van der Waals surface area contributed by atoms with Crippen molar-refractivity contribution in [3.63, 3.8) is 0 Å². The molecule has 0 saturated carbocycles. The lowest BCUT2D eigenvalue weighted by Crippen LogP contribution is -2.29. The Balaban J connectivity index is 1.37. The fourth-order valence-corrected chi connectivity index (χ4v) is 4.33. The largest absolute Gasteiger partial charge is 0.337 e. The van der Waals surface area contributed by atoms with E-state index in [-0.39, 0.29) is 17.7 Å². The van der Waals surface area contributed by atoms with Crippen molar-refractivity contribution in [1.82, 2.24) is 24.8 Å². The van der Waals surface area contributed by atoms with Crippen molar-refractivity contribution in [2.24, 2.45) is 0 Å². The van der Waals surface area contributed by atoms with Gasteiger partial charge in [0.05, 0.1) is 24.9 Å². The van der Waals surface area contributed by atoms with Gasteiger partial charge >= 0.3 is 0 Å². The molecule has 1 atom stereocenters. The molecule has 0 bridgehead atoms. The van der Waals surface area contributed by atoms with E-state index in [4.69, 9.17) is 9.97 Å².